The van der Waals surface area contributed by atoms with Crippen LogP contribution in [-0.4, -0.2) is 10.7 Å². The van der Waals surface area contributed by atoms with Crippen molar-refractivity contribution in [1.82, 2.24) is 0 Å². The van der Waals surface area contributed by atoms with Crippen LogP contribution in [0.1, 0.15) is 22.8 Å². The van der Waals surface area contributed by atoms with E-state index in [1.165, 1.54) is 19.1 Å². The van der Waals surface area contributed by atoms with E-state index < -0.39 is 4.92 Å². The van der Waals surface area contributed by atoms with Crippen LogP contribution in [0.3, 0.4) is 0 Å². The average Bonchev–Trinajstić information content (AvgIpc) is 2.15. The lowest BCUT2D eigenvalue weighted by atomic mass is 10.0. The summed E-state index contributed by atoms with van der Waals surface area (Å²) < 4.78 is 0.386. The fraction of sp³-hybridized carbons (Fsp3) is 0.111. The second-order valence-electron chi connectivity index (χ2n) is 2.74. The van der Waals surface area contributed by atoms with Crippen LogP contribution in [0, 0.1) is 21.4 Å². The number of rotatable bonds is 2. The van der Waals surface area contributed by atoms with Gasteiger partial charge in [0.2, 0.25) is 0 Å². The van der Waals surface area contributed by atoms with E-state index in [1.807, 2.05) is 0 Å². The van der Waals surface area contributed by atoms with Crippen molar-refractivity contribution in [1.29, 1.82) is 5.26 Å². The number of nitriles is 1. The van der Waals surface area contributed by atoms with Gasteiger partial charge in [-0.25, -0.2) is 0 Å². The quantitative estimate of drug-likeness (QED) is 0.469. The molecular formula is C9H5BrN2O3. The number of Topliss-reactive ketones (excluding diaryl/α,β-unsaturated/α-hetero) is 1. The Morgan fingerprint density at radius 1 is 1.60 bits per heavy atom. The lowest BCUT2D eigenvalue weighted by Gasteiger charge is -2.02. The van der Waals surface area contributed by atoms with E-state index in [-0.39, 0.29) is 22.6 Å². The molecule has 0 unspecified atom stereocenters. The van der Waals surface area contributed by atoms with Crippen LogP contribution in [0.4, 0.5) is 5.69 Å². The van der Waals surface area contributed by atoms with Gasteiger partial charge in [-0.05, 0) is 28.9 Å². The molecule has 0 atom stereocenters. The zero-order valence-electron chi connectivity index (χ0n) is 7.65. The van der Waals surface area contributed by atoms with Gasteiger partial charge < -0.3 is 0 Å². The number of carbonyl (C=O) groups is 1. The minimum atomic E-state index is -0.683. The largest absolute Gasteiger partial charge is 0.294 e. The molecule has 5 nitrogen and oxygen atoms in total. The van der Waals surface area contributed by atoms with E-state index in [2.05, 4.69) is 15.9 Å². The molecule has 0 aromatic heterocycles. The third kappa shape index (κ3) is 2.02. The van der Waals surface area contributed by atoms with Crippen molar-refractivity contribution in [3.8, 4) is 6.07 Å². The standard InChI is InChI=1S/C9H5BrN2O3/c1-5(13)9-6(4-11)8(12(14)15)3-2-7(9)10/h2-3H,1H3. The van der Waals surface area contributed by atoms with E-state index in [1.54, 1.807) is 6.07 Å². The maximum absolute atomic E-state index is 11.2. The molecule has 0 N–H and O–H groups in total. The van der Waals surface area contributed by atoms with Crippen molar-refractivity contribution >= 4 is 27.4 Å². The summed E-state index contributed by atoms with van der Waals surface area (Å²) in [7, 11) is 0. The average molecular weight is 269 g/mol. The molecule has 0 aliphatic rings. The molecule has 0 bridgehead atoms. The normalized spacial score (nSPS) is 9.40. The molecule has 0 fully saturated rings. The molecule has 1 rings (SSSR count). The van der Waals surface area contributed by atoms with Crippen molar-refractivity contribution in [3.63, 3.8) is 0 Å². The second kappa shape index (κ2) is 4.19. The van der Waals surface area contributed by atoms with Crippen molar-refractivity contribution in [3.05, 3.63) is 37.8 Å². The number of ketones is 1. The van der Waals surface area contributed by atoms with Crippen molar-refractivity contribution in [2.24, 2.45) is 0 Å². The first kappa shape index (κ1) is 11.3. The lowest BCUT2D eigenvalue weighted by molar-refractivity contribution is -0.385. The summed E-state index contributed by atoms with van der Waals surface area (Å²) in [5.74, 6) is -0.387. The van der Waals surface area contributed by atoms with E-state index in [4.69, 9.17) is 5.26 Å². The summed E-state index contributed by atoms with van der Waals surface area (Å²) in [5.41, 5.74) is -0.514. The van der Waals surface area contributed by atoms with Crippen molar-refractivity contribution < 1.29 is 9.72 Å². The van der Waals surface area contributed by atoms with Gasteiger partial charge in [-0.3, -0.25) is 14.9 Å². The Morgan fingerprint density at radius 3 is 2.60 bits per heavy atom. The van der Waals surface area contributed by atoms with Crippen LogP contribution < -0.4 is 0 Å². The van der Waals surface area contributed by atoms with Gasteiger partial charge in [0.1, 0.15) is 11.6 Å². The monoisotopic (exact) mass is 268 g/mol. The van der Waals surface area contributed by atoms with Gasteiger partial charge in [-0.1, -0.05) is 0 Å². The number of benzene rings is 1. The molecule has 0 radical (unpaired) electrons. The van der Waals surface area contributed by atoms with Crippen LogP contribution in [-0.2, 0) is 0 Å². The Morgan fingerprint density at radius 2 is 2.20 bits per heavy atom. The summed E-state index contributed by atoms with van der Waals surface area (Å²) in [6.45, 7) is 1.25. The SMILES string of the molecule is CC(=O)c1c(Br)ccc([N+](=O)[O-])c1C#N. The molecule has 0 spiro atoms. The topological polar surface area (TPSA) is 84.0 Å². The first-order valence-electron chi connectivity index (χ1n) is 3.87. The molecular weight excluding hydrogens is 264 g/mol. The fourth-order valence-electron chi connectivity index (χ4n) is 1.18. The highest BCUT2D eigenvalue weighted by atomic mass is 79.9. The highest BCUT2D eigenvalue weighted by Gasteiger charge is 2.22. The molecule has 1 aromatic rings. The molecule has 0 heterocycles. The Labute approximate surface area is 93.6 Å². The lowest BCUT2D eigenvalue weighted by Crippen LogP contribution is -2.02. The van der Waals surface area contributed by atoms with Crippen LogP contribution in [0.2, 0.25) is 0 Å². The zero-order valence-corrected chi connectivity index (χ0v) is 9.24. The van der Waals surface area contributed by atoms with Gasteiger partial charge in [0.25, 0.3) is 5.69 Å². The van der Waals surface area contributed by atoms with Crippen LogP contribution in [0.5, 0.6) is 0 Å². The summed E-state index contributed by atoms with van der Waals surface area (Å²) in [4.78, 5) is 21.1. The molecule has 1 aromatic carbocycles. The number of hydrogen-bond acceptors (Lipinski definition) is 4. The fourth-order valence-corrected chi connectivity index (χ4v) is 1.79. The minimum absolute atomic E-state index is 0.0479. The smallest absolute Gasteiger partial charge is 0.287 e. The molecule has 0 aliphatic heterocycles. The molecule has 0 saturated carbocycles. The number of carbonyl (C=O) groups excluding carboxylic acids is 1. The van der Waals surface area contributed by atoms with E-state index >= 15 is 0 Å². The molecule has 76 valence electrons. The number of nitro benzene ring substituents is 1. The first-order chi connectivity index (χ1) is 6.99. The molecule has 0 amide bonds. The molecule has 15 heavy (non-hydrogen) atoms. The van der Waals surface area contributed by atoms with Gasteiger partial charge in [-0.2, -0.15) is 5.26 Å². The maximum atomic E-state index is 11.2. The predicted octanol–water partition coefficient (Wildman–Crippen LogP) is 2.43. The van der Waals surface area contributed by atoms with Crippen molar-refractivity contribution in [2.75, 3.05) is 0 Å². The third-order valence-electron chi connectivity index (χ3n) is 1.79. The third-order valence-corrected chi connectivity index (χ3v) is 2.45. The zero-order chi connectivity index (χ0) is 11.6. The van der Waals surface area contributed by atoms with Gasteiger partial charge >= 0.3 is 0 Å². The molecule has 0 aliphatic carbocycles. The Balaban J connectivity index is 3.64. The number of halogens is 1. The summed E-state index contributed by atoms with van der Waals surface area (Å²) in [5, 5.41) is 19.4. The molecule has 6 heteroatoms. The number of nitro groups is 1. The van der Waals surface area contributed by atoms with E-state index in [0.717, 1.165) is 0 Å². The van der Waals surface area contributed by atoms with Gasteiger partial charge in [0, 0.05) is 10.5 Å². The van der Waals surface area contributed by atoms with Gasteiger partial charge in [0.05, 0.1) is 10.5 Å². The highest BCUT2D eigenvalue weighted by Crippen LogP contribution is 2.28. The van der Waals surface area contributed by atoms with Crippen LogP contribution >= 0.6 is 15.9 Å². The Hall–Kier alpha value is -1.74. The van der Waals surface area contributed by atoms with Crippen LogP contribution in [0.25, 0.3) is 0 Å². The summed E-state index contributed by atoms with van der Waals surface area (Å²) >= 11 is 3.08. The van der Waals surface area contributed by atoms with Gasteiger partial charge in [0.15, 0.2) is 5.78 Å². The van der Waals surface area contributed by atoms with Crippen molar-refractivity contribution in [2.45, 2.75) is 6.92 Å². The highest BCUT2D eigenvalue weighted by molar-refractivity contribution is 9.10. The summed E-state index contributed by atoms with van der Waals surface area (Å²) in [6.07, 6.45) is 0. The maximum Gasteiger partial charge on any atom is 0.287 e. The van der Waals surface area contributed by atoms with E-state index in [9.17, 15) is 14.9 Å². The Bertz CT molecular complexity index is 491. The van der Waals surface area contributed by atoms with Gasteiger partial charge in [-0.15, -0.1) is 0 Å². The Kier molecular flexibility index (Phi) is 3.17. The first-order valence-corrected chi connectivity index (χ1v) is 4.66. The number of nitrogens with zero attached hydrogens (tertiary/aromatic N) is 2. The number of hydrogen-bond donors (Lipinski definition) is 0. The predicted molar refractivity (Wildman–Crippen MR) is 55.5 cm³/mol. The second-order valence-corrected chi connectivity index (χ2v) is 3.60. The van der Waals surface area contributed by atoms with E-state index in [0.29, 0.717) is 4.47 Å². The molecule has 0 saturated heterocycles. The minimum Gasteiger partial charge on any atom is -0.294 e. The summed E-state index contributed by atoms with van der Waals surface area (Å²) in [6, 6.07) is 4.25. The van der Waals surface area contributed by atoms with Crippen LogP contribution in [0.15, 0.2) is 16.6 Å².